The summed E-state index contributed by atoms with van der Waals surface area (Å²) < 4.78 is 0. The first-order valence-electron chi connectivity index (χ1n) is 7.61. The van der Waals surface area contributed by atoms with Gasteiger partial charge in [-0.05, 0) is 75.0 Å². The molecule has 0 aromatic rings. The van der Waals surface area contributed by atoms with Crippen molar-refractivity contribution in [1.29, 1.82) is 0 Å². The lowest BCUT2D eigenvalue weighted by molar-refractivity contribution is 0.134. The maximum atomic E-state index is 5.24. The quantitative estimate of drug-likeness (QED) is 0.587. The van der Waals surface area contributed by atoms with Crippen LogP contribution in [0.1, 0.15) is 65.2 Å². The molecule has 2 rings (SSSR count). The second-order valence-corrected chi connectivity index (χ2v) is 6.81. The van der Waals surface area contributed by atoms with Crippen molar-refractivity contribution >= 4 is 0 Å². The van der Waals surface area contributed by atoms with Crippen molar-refractivity contribution in [2.45, 2.75) is 65.2 Å². The summed E-state index contributed by atoms with van der Waals surface area (Å²) in [6, 6.07) is 0. The van der Waals surface area contributed by atoms with E-state index in [2.05, 4.69) is 31.6 Å². The van der Waals surface area contributed by atoms with E-state index in [1.54, 1.807) is 0 Å². The van der Waals surface area contributed by atoms with Gasteiger partial charge in [-0.1, -0.05) is 25.7 Å². The average molecular weight is 242 g/mol. The van der Waals surface area contributed by atoms with Gasteiger partial charge in [0, 0.05) is 5.41 Å². The minimum Gasteiger partial charge on any atom is -0.106 e. The molecule has 0 N–H and O–H groups in total. The van der Waals surface area contributed by atoms with Gasteiger partial charge < -0.3 is 0 Å². The zero-order valence-corrected chi connectivity index (χ0v) is 12.0. The van der Waals surface area contributed by atoms with E-state index in [0.717, 1.165) is 17.8 Å². The van der Waals surface area contributed by atoms with E-state index >= 15 is 0 Å². The molecule has 2 aliphatic carbocycles. The third kappa shape index (κ3) is 3.32. The van der Waals surface area contributed by atoms with Gasteiger partial charge in [0.2, 0.25) is 0 Å². The third-order valence-electron chi connectivity index (χ3n) is 5.30. The van der Waals surface area contributed by atoms with E-state index in [1.165, 1.54) is 51.4 Å². The first-order chi connectivity index (χ1) is 8.63. The Morgan fingerprint density at radius 3 is 2.06 bits per heavy atom. The van der Waals surface area contributed by atoms with Gasteiger partial charge in [-0.15, -0.1) is 6.42 Å². The van der Waals surface area contributed by atoms with Gasteiger partial charge in [0.05, 0.1) is 0 Å². The van der Waals surface area contributed by atoms with E-state index in [0.29, 0.717) is 0 Å². The lowest BCUT2D eigenvalue weighted by Crippen LogP contribution is -2.29. The molecule has 0 spiro atoms. The largest absolute Gasteiger partial charge is 0.106 e. The van der Waals surface area contributed by atoms with Crippen molar-refractivity contribution in [2.24, 2.45) is 23.2 Å². The highest BCUT2D eigenvalue weighted by atomic mass is 14.4. The molecule has 0 unspecified atom stereocenters. The first kappa shape index (κ1) is 13.5. The summed E-state index contributed by atoms with van der Waals surface area (Å²) in [5, 5.41) is 0. The molecule has 0 heteroatoms. The van der Waals surface area contributed by atoms with E-state index in [9.17, 15) is 0 Å². The molecule has 0 aromatic carbocycles. The van der Waals surface area contributed by atoms with Gasteiger partial charge in [-0.3, -0.25) is 0 Å². The van der Waals surface area contributed by atoms with Crippen molar-refractivity contribution in [3.8, 4) is 24.2 Å². The van der Waals surface area contributed by atoms with Gasteiger partial charge in [0.15, 0.2) is 0 Å². The van der Waals surface area contributed by atoms with Gasteiger partial charge in [0.1, 0.15) is 0 Å². The summed E-state index contributed by atoms with van der Waals surface area (Å²) in [7, 11) is 0. The molecule has 18 heavy (non-hydrogen) atoms. The second-order valence-electron chi connectivity index (χ2n) is 6.81. The Hall–Kier alpha value is -0.880. The molecule has 0 atom stereocenters. The summed E-state index contributed by atoms with van der Waals surface area (Å²) in [6.07, 6.45) is 16.3. The molecule has 0 aliphatic heterocycles. The van der Waals surface area contributed by atoms with Crippen LogP contribution in [0.15, 0.2) is 0 Å². The smallest absolute Gasteiger partial charge is 0.0297 e. The molecule has 0 aromatic heterocycles. The zero-order valence-electron chi connectivity index (χ0n) is 12.0. The van der Waals surface area contributed by atoms with Crippen molar-refractivity contribution in [1.82, 2.24) is 0 Å². The van der Waals surface area contributed by atoms with E-state index in [-0.39, 0.29) is 5.41 Å². The monoisotopic (exact) mass is 242 g/mol. The fourth-order valence-electron chi connectivity index (χ4n) is 3.82. The van der Waals surface area contributed by atoms with Gasteiger partial charge in [0.25, 0.3) is 0 Å². The normalized spacial score (nSPS) is 40.4. The average Bonchev–Trinajstić information content (AvgIpc) is 2.39. The molecule has 2 aliphatic rings. The summed E-state index contributed by atoms with van der Waals surface area (Å²) in [6.45, 7) is 4.69. The van der Waals surface area contributed by atoms with Crippen molar-refractivity contribution < 1.29 is 0 Å². The van der Waals surface area contributed by atoms with Crippen LogP contribution in [-0.2, 0) is 0 Å². The molecule has 0 amide bonds. The minimum absolute atomic E-state index is 0.199. The Labute approximate surface area is 113 Å². The molecule has 98 valence electrons. The Balaban J connectivity index is 1.85. The standard InChI is InChI=1S/C18H26/c1-4-5-12-18(3)13-10-17(11-14-18)16-8-6-15(2)7-9-16/h1,15-17H,6-11,13-14H2,2-3H3. The highest BCUT2D eigenvalue weighted by Crippen LogP contribution is 2.45. The molecule has 0 nitrogen and oxygen atoms in total. The molecule has 0 bridgehead atoms. The van der Waals surface area contributed by atoms with Crippen molar-refractivity contribution in [3.05, 3.63) is 0 Å². The molecule has 0 heterocycles. The van der Waals surface area contributed by atoms with Gasteiger partial charge in [-0.25, -0.2) is 0 Å². The van der Waals surface area contributed by atoms with Crippen LogP contribution >= 0.6 is 0 Å². The van der Waals surface area contributed by atoms with Crippen molar-refractivity contribution in [2.75, 3.05) is 0 Å². The highest BCUT2D eigenvalue weighted by Gasteiger charge is 2.34. The summed E-state index contributed by atoms with van der Waals surface area (Å²) in [4.78, 5) is 0. The Morgan fingerprint density at radius 1 is 0.944 bits per heavy atom. The fraction of sp³-hybridized carbons (Fsp3) is 0.778. The molecule has 0 saturated heterocycles. The molecular formula is C18H26. The molecule has 0 radical (unpaired) electrons. The van der Waals surface area contributed by atoms with E-state index in [1.807, 2.05) is 0 Å². The van der Waals surface area contributed by atoms with Crippen LogP contribution in [-0.4, -0.2) is 0 Å². The number of rotatable bonds is 1. The molecular weight excluding hydrogens is 216 g/mol. The van der Waals surface area contributed by atoms with Crippen molar-refractivity contribution in [3.63, 3.8) is 0 Å². The predicted octanol–water partition coefficient (Wildman–Crippen LogP) is 4.65. The van der Waals surface area contributed by atoms with Crippen LogP contribution < -0.4 is 0 Å². The molecule has 2 saturated carbocycles. The van der Waals surface area contributed by atoms with Crippen LogP contribution in [0.4, 0.5) is 0 Å². The number of hydrogen-bond acceptors (Lipinski definition) is 0. The fourth-order valence-corrected chi connectivity index (χ4v) is 3.82. The van der Waals surface area contributed by atoms with Crippen LogP contribution in [0, 0.1) is 47.4 Å². The Kier molecular flexibility index (Phi) is 4.40. The van der Waals surface area contributed by atoms with E-state index < -0.39 is 0 Å². The minimum atomic E-state index is 0.199. The summed E-state index contributed by atoms with van der Waals surface area (Å²) in [5.74, 6) is 11.5. The predicted molar refractivity (Wildman–Crippen MR) is 77.8 cm³/mol. The Bertz CT molecular complexity index is 357. The van der Waals surface area contributed by atoms with E-state index in [4.69, 9.17) is 6.42 Å². The Morgan fingerprint density at radius 2 is 1.50 bits per heavy atom. The summed E-state index contributed by atoms with van der Waals surface area (Å²) in [5.41, 5.74) is 0.199. The highest BCUT2D eigenvalue weighted by molar-refractivity contribution is 5.25. The molecule has 2 fully saturated rings. The third-order valence-corrected chi connectivity index (χ3v) is 5.30. The van der Waals surface area contributed by atoms with Crippen LogP contribution in [0.5, 0.6) is 0 Å². The lowest BCUT2D eigenvalue weighted by Gasteiger charge is -2.39. The van der Waals surface area contributed by atoms with Crippen LogP contribution in [0.3, 0.4) is 0 Å². The van der Waals surface area contributed by atoms with Crippen LogP contribution in [0.25, 0.3) is 0 Å². The van der Waals surface area contributed by atoms with Gasteiger partial charge >= 0.3 is 0 Å². The maximum absolute atomic E-state index is 5.24. The number of hydrogen-bond donors (Lipinski definition) is 0. The SMILES string of the molecule is C#CC#CC1(C)CCC(C2CCC(C)CC2)CC1. The maximum Gasteiger partial charge on any atom is 0.0297 e. The first-order valence-corrected chi connectivity index (χ1v) is 7.61. The zero-order chi connectivity index (χ0) is 13.0. The second kappa shape index (κ2) is 5.84. The lowest BCUT2D eigenvalue weighted by atomic mass is 9.65. The van der Waals surface area contributed by atoms with Gasteiger partial charge in [-0.2, -0.15) is 0 Å². The summed E-state index contributed by atoms with van der Waals surface area (Å²) >= 11 is 0. The number of terminal acetylenes is 1. The van der Waals surface area contributed by atoms with Crippen LogP contribution in [0.2, 0.25) is 0 Å². The topological polar surface area (TPSA) is 0 Å².